The lowest BCUT2D eigenvalue weighted by atomic mass is 10.2. The highest BCUT2D eigenvalue weighted by Crippen LogP contribution is 2.23. The van der Waals surface area contributed by atoms with E-state index in [1.807, 2.05) is 6.92 Å². The lowest BCUT2D eigenvalue weighted by Gasteiger charge is -2.11. The van der Waals surface area contributed by atoms with Crippen molar-refractivity contribution < 1.29 is 8.78 Å². The van der Waals surface area contributed by atoms with Gasteiger partial charge in [-0.05, 0) is 12.5 Å². The van der Waals surface area contributed by atoms with Gasteiger partial charge < -0.3 is 0 Å². The van der Waals surface area contributed by atoms with Crippen LogP contribution in [-0.2, 0) is 6.42 Å². The molecule has 21 heavy (non-hydrogen) atoms. The van der Waals surface area contributed by atoms with Gasteiger partial charge in [0.2, 0.25) is 0 Å². The smallest absolute Gasteiger partial charge is 0.297 e. The SMILES string of the molecule is CCCc1c(Cl)[nH]c(=O)n(-c2c(F)cc(F)cc2Cl)c1=O. The normalized spacial score (nSPS) is 10.9. The van der Waals surface area contributed by atoms with E-state index in [0.29, 0.717) is 23.5 Å². The molecule has 2 aromatic rings. The highest BCUT2D eigenvalue weighted by atomic mass is 35.5. The number of nitrogens with one attached hydrogen (secondary N) is 1. The number of benzene rings is 1. The van der Waals surface area contributed by atoms with Crippen molar-refractivity contribution in [3.05, 3.63) is 60.3 Å². The van der Waals surface area contributed by atoms with E-state index in [1.54, 1.807) is 0 Å². The Labute approximate surface area is 127 Å². The molecule has 1 aromatic heterocycles. The summed E-state index contributed by atoms with van der Waals surface area (Å²) in [4.78, 5) is 26.5. The van der Waals surface area contributed by atoms with Gasteiger partial charge in [0, 0.05) is 6.07 Å². The van der Waals surface area contributed by atoms with Crippen LogP contribution in [0, 0.1) is 11.6 Å². The van der Waals surface area contributed by atoms with Gasteiger partial charge in [-0.25, -0.2) is 18.1 Å². The number of aromatic nitrogens is 2. The summed E-state index contributed by atoms with van der Waals surface area (Å²) in [7, 11) is 0. The third-order valence-corrected chi connectivity index (χ3v) is 3.46. The van der Waals surface area contributed by atoms with Crippen molar-refractivity contribution in [1.29, 1.82) is 0 Å². The van der Waals surface area contributed by atoms with Crippen LogP contribution in [0.25, 0.3) is 5.69 Å². The predicted molar refractivity (Wildman–Crippen MR) is 76.6 cm³/mol. The molecule has 0 radical (unpaired) electrons. The van der Waals surface area contributed by atoms with Gasteiger partial charge in [-0.2, -0.15) is 0 Å². The van der Waals surface area contributed by atoms with Crippen molar-refractivity contribution in [3.63, 3.8) is 0 Å². The summed E-state index contributed by atoms with van der Waals surface area (Å²) in [6.45, 7) is 1.82. The van der Waals surface area contributed by atoms with Gasteiger partial charge in [0.1, 0.15) is 16.7 Å². The van der Waals surface area contributed by atoms with E-state index in [4.69, 9.17) is 23.2 Å². The average Bonchev–Trinajstić information content (AvgIpc) is 2.37. The number of hydrogen-bond acceptors (Lipinski definition) is 2. The van der Waals surface area contributed by atoms with E-state index in [1.165, 1.54) is 0 Å². The van der Waals surface area contributed by atoms with Crippen LogP contribution in [0.5, 0.6) is 0 Å². The van der Waals surface area contributed by atoms with Crippen molar-refractivity contribution in [3.8, 4) is 5.69 Å². The Morgan fingerprint density at radius 3 is 2.48 bits per heavy atom. The fourth-order valence-corrected chi connectivity index (χ4v) is 2.50. The Bertz CT molecular complexity index is 792. The number of aromatic amines is 1. The van der Waals surface area contributed by atoms with Gasteiger partial charge in [0.15, 0.2) is 5.82 Å². The average molecular weight is 335 g/mol. The summed E-state index contributed by atoms with van der Waals surface area (Å²) in [5.74, 6) is -2.02. The standard InChI is InChI=1S/C13H10Cl2F2N2O2/c1-2-3-7-11(15)18-13(21)19(12(7)20)10-8(14)4-6(16)5-9(10)17/h4-5H,2-3H2,1H3,(H,18,21). The third-order valence-electron chi connectivity index (χ3n) is 2.85. The van der Waals surface area contributed by atoms with Gasteiger partial charge in [0.05, 0.1) is 10.6 Å². The topological polar surface area (TPSA) is 54.9 Å². The van der Waals surface area contributed by atoms with Crippen LogP contribution in [-0.4, -0.2) is 9.55 Å². The van der Waals surface area contributed by atoms with Gasteiger partial charge in [-0.3, -0.25) is 9.78 Å². The molecule has 0 saturated carbocycles. The monoisotopic (exact) mass is 334 g/mol. The first-order valence-electron chi connectivity index (χ1n) is 6.05. The number of H-pyrrole nitrogens is 1. The predicted octanol–water partition coefficient (Wildman–Crippen LogP) is 3.06. The maximum Gasteiger partial charge on any atom is 0.334 e. The van der Waals surface area contributed by atoms with E-state index < -0.39 is 28.6 Å². The highest BCUT2D eigenvalue weighted by molar-refractivity contribution is 6.32. The first kappa shape index (κ1) is 15.7. The van der Waals surface area contributed by atoms with E-state index in [9.17, 15) is 18.4 Å². The second-order valence-electron chi connectivity index (χ2n) is 4.33. The highest BCUT2D eigenvalue weighted by Gasteiger charge is 2.19. The molecule has 0 aliphatic rings. The summed E-state index contributed by atoms with van der Waals surface area (Å²) in [6.07, 6.45) is 0.898. The fourth-order valence-electron chi connectivity index (χ4n) is 1.96. The molecule has 0 spiro atoms. The zero-order valence-corrected chi connectivity index (χ0v) is 12.4. The number of halogens is 4. The lowest BCUT2D eigenvalue weighted by molar-refractivity contribution is 0.574. The maximum atomic E-state index is 13.9. The third kappa shape index (κ3) is 2.87. The molecule has 112 valence electrons. The Kier molecular flexibility index (Phi) is 4.49. The van der Waals surface area contributed by atoms with E-state index in [0.717, 1.165) is 6.07 Å². The van der Waals surface area contributed by atoms with Gasteiger partial charge in [-0.1, -0.05) is 36.5 Å². The molecule has 0 aliphatic carbocycles. The molecule has 1 heterocycles. The summed E-state index contributed by atoms with van der Waals surface area (Å²) in [5.41, 5.74) is -2.09. The summed E-state index contributed by atoms with van der Waals surface area (Å²) < 4.78 is 27.5. The molecule has 1 aromatic carbocycles. The van der Waals surface area contributed by atoms with Crippen LogP contribution in [0.15, 0.2) is 21.7 Å². The number of nitrogens with zero attached hydrogens (tertiary/aromatic N) is 1. The van der Waals surface area contributed by atoms with Gasteiger partial charge in [0.25, 0.3) is 5.56 Å². The Morgan fingerprint density at radius 2 is 1.90 bits per heavy atom. The molecule has 2 rings (SSSR count). The molecule has 1 N–H and O–H groups in total. The number of rotatable bonds is 3. The molecule has 0 bridgehead atoms. The lowest BCUT2D eigenvalue weighted by Crippen LogP contribution is -2.37. The minimum atomic E-state index is -1.11. The van der Waals surface area contributed by atoms with Crippen LogP contribution in [0.3, 0.4) is 0 Å². The summed E-state index contributed by atoms with van der Waals surface area (Å²) >= 11 is 11.6. The molecular formula is C13H10Cl2F2N2O2. The molecule has 0 amide bonds. The molecule has 8 heteroatoms. The molecule has 0 saturated heterocycles. The van der Waals surface area contributed by atoms with Gasteiger partial charge in [-0.15, -0.1) is 0 Å². The zero-order valence-electron chi connectivity index (χ0n) is 10.8. The maximum absolute atomic E-state index is 13.9. The molecule has 4 nitrogen and oxygen atoms in total. The molecule has 0 aliphatic heterocycles. The first-order chi connectivity index (χ1) is 9.86. The van der Waals surface area contributed by atoms with Crippen molar-refractivity contribution in [1.82, 2.24) is 9.55 Å². The van der Waals surface area contributed by atoms with Crippen LogP contribution >= 0.6 is 23.2 Å². The van der Waals surface area contributed by atoms with Crippen molar-refractivity contribution in [2.45, 2.75) is 19.8 Å². The summed E-state index contributed by atoms with van der Waals surface area (Å²) in [5, 5.41) is -0.480. The fraction of sp³-hybridized carbons (Fsp3) is 0.231. The molecule has 0 atom stereocenters. The van der Waals surface area contributed by atoms with Crippen LogP contribution < -0.4 is 11.2 Å². The van der Waals surface area contributed by atoms with Crippen molar-refractivity contribution >= 4 is 23.2 Å². The molecule has 0 fully saturated rings. The first-order valence-corrected chi connectivity index (χ1v) is 6.81. The van der Waals surface area contributed by atoms with Crippen LogP contribution in [0.1, 0.15) is 18.9 Å². The second kappa shape index (κ2) is 5.99. The quantitative estimate of drug-likeness (QED) is 0.877. The summed E-state index contributed by atoms with van der Waals surface area (Å²) in [6, 6.07) is 1.36. The molecular weight excluding hydrogens is 325 g/mol. The minimum absolute atomic E-state index is 0.0956. The van der Waals surface area contributed by atoms with Crippen molar-refractivity contribution in [2.24, 2.45) is 0 Å². The molecule has 0 unspecified atom stereocenters. The zero-order chi connectivity index (χ0) is 15.7. The largest absolute Gasteiger partial charge is 0.334 e. The van der Waals surface area contributed by atoms with Gasteiger partial charge >= 0.3 is 5.69 Å². The Hall–Kier alpha value is -1.66. The van der Waals surface area contributed by atoms with Crippen LogP contribution in [0.2, 0.25) is 10.2 Å². The van der Waals surface area contributed by atoms with E-state index in [2.05, 4.69) is 4.98 Å². The Morgan fingerprint density at radius 1 is 1.24 bits per heavy atom. The van der Waals surface area contributed by atoms with Crippen LogP contribution in [0.4, 0.5) is 8.78 Å². The second-order valence-corrected chi connectivity index (χ2v) is 5.12. The Balaban J connectivity index is 2.86. The minimum Gasteiger partial charge on any atom is -0.297 e. The van der Waals surface area contributed by atoms with E-state index >= 15 is 0 Å². The number of hydrogen-bond donors (Lipinski definition) is 1. The van der Waals surface area contributed by atoms with Crippen molar-refractivity contribution in [2.75, 3.05) is 0 Å². The van der Waals surface area contributed by atoms with E-state index in [-0.39, 0.29) is 15.7 Å².